The van der Waals surface area contributed by atoms with E-state index in [1.54, 1.807) is 24.3 Å². The maximum absolute atomic E-state index is 13.2. The first kappa shape index (κ1) is 16.3. The number of rotatable bonds is 3. The zero-order chi connectivity index (χ0) is 17.1. The van der Waals surface area contributed by atoms with Crippen LogP contribution in [0.2, 0.25) is 0 Å². The maximum atomic E-state index is 13.2. The van der Waals surface area contributed by atoms with Gasteiger partial charge in [0.2, 0.25) is 0 Å². The number of hydrogen-bond acceptors (Lipinski definition) is 3. The Hall–Kier alpha value is -2.53. The Morgan fingerprint density at radius 3 is 1.75 bits per heavy atom. The van der Waals surface area contributed by atoms with Gasteiger partial charge >= 0.3 is 0 Å². The molecule has 0 saturated heterocycles. The zero-order valence-electron chi connectivity index (χ0n) is 12.9. The summed E-state index contributed by atoms with van der Waals surface area (Å²) >= 11 is 1.26. The molecule has 24 heavy (non-hydrogen) atoms. The van der Waals surface area contributed by atoms with Crippen LogP contribution in [-0.2, 0) is 0 Å². The molecule has 0 amide bonds. The number of allylic oxidation sites excluding steroid dienone is 4. The fourth-order valence-corrected chi connectivity index (χ4v) is 2.88. The minimum absolute atomic E-state index is 0.262. The topological polar surface area (TPSA) is 36.2 Å². The Labute approximate surface area is 143 Å². The highest BCUT2D eigenvalue weighted by Gasteiger charge is 2.22. The summed E-state index contributed by atoms with van der Waals surface area (Å²) < 4.78 is 30.6. The minimum atomic E-state index is -0.317. The Balaban J connectivity index is 2.08. The zero-order valence-corrected chi connectivity index (χ0v) is 13.7. The Bertz CT molecular complexity index is 863. The van der Waals surface area contributed by atoms with E-state index in [9.17, 15) is 8.78 Å². The molecular formula is C19H14F2N2S. The largest absolute Gasteiger partial charge is 0.298 e. The molecule has 0 fully saturated rings. The van der Waals surface area contributed by atoms with Gasteiger partial charge in [-0.25, -0.2) is 13.2 Å². The molecule has 5 heteroatoms. The van der Waals surface area contributed by atoms with Crippen LogP contribution in [0.1, 0.15) is 11.1 Å². The molecule has 0 radical (unpaired) electrons. The van der Waals surface area contributed by atoms with Gasteiger partial charge in [0.05, 0.1) is 5.71 Å². The lowest BCUT2D eigenvalue weighted by molar-refractivity contribution is 0.627. The van der Waals surface area contributed by atoms with E-state index < -0.39 is 0 Å². The van der Waals surface area contributed by atoms with Gasteiger partial charge < -0.3 is 0 Å². The van der Waals surface area contributed by atoms with Gasteiger partial charge in [0.1, 0.15) is 17.3 Å². The van der Waals surface area contributed by atoms with Crippen LogP contribution >= 0.6 is 11.9 Å². The Kier molecular flexibility index (Phi) is 4.71. The van der Waals surface area contributed by atoms with E-state index in [4.69, 9.17) is 5.41 Å². The predicted octanol–water partition coefficient (Wildman–Crippen LogP) is 5.18. The average molecular weight is 340 g/mol. The fraction of sp³-hybridized carbons (Fsp3) is 0.0526. The maximum Gasteiger partial charge on any atom is 0.123 e. The lowest BCUT2D eigenvalue weighted by Gasteiger charge is -2.19. The van der Waals surface area contributed by atoms with Crippen molar-refractivity contribution in [2.24, 2.45) is 4.40 Å². The van der Waals surface area contributed by atoms with E-state index >= 15 is 0 Å². The van der Waals surface area contributed by atoms with E-state index in [1.165, 1.54) is 36.2 Å². The predicted molar refractivity (Wildman–Crippen MR) is 97.4 cm³/mol. The molecule has 0 aliphatic heterocycles. The van der Waals surface area contributed by atoms with Crippen LogP contribution in [-0.4, -0.2) is 17.7 Å². The van der Waals surface area contributed by atoms with Crippen molar-refractivity contribution in [3.05, 3.63) is 83.4 Å². The lowest BCUT2D eigenvalue weighted by Crippen LogP contribution is -2.19. The average Bonchev–Trinajstić information content (AvgIpc) is 2.59. The van der Waals surface area contributed by atoms with Crippen LogP contribution < -0.4 is 0 Å². The monoisotopic (exact) mass is 340 g/mol. The van der Waals surface area contributed by atoms with Crippen LogP contribution in [0, 0.1) is 17.0 Å². The summed E-state index contributed by atoms with van der Waals surface area (Å²) in [6.07, 6.45) is 5.49. The molecule has 1 N–H and O–H groups in total. The molecule has 0 bridgehead atoms. The molecule has 0 spiro atoms. The van der Waals surface area contributed by atoms with Gasteiger partial charge in [-0.1, -0.05) is 36.4 Å². The van der Waals surface area contributed by atoms with Crippen molar-refractivity contribution in [2.45, 2.75) is 0 Å². The summed E-state index contributed by atoms with van der Waals surface area (Å²) in [4.78, 5) is 0. The van der Waals surface area contributed by atoms with Gasteiger partial charge in [-0.3, -0.25) is 5.41 Å². The second kappa shape index (κ2) is 6.93. The smallest absolute Gasteiger partial charge is 0.123 e. The van der Waals surface area contributed by atoms with Crippen molar-refractivity contribution in [1.29, 1.82) is 5.41 Å². The quantitative estimate of drug-likeness (QED) is 0.606. The standard InChI is InChI=1S/C19H14F2N2S/c1-24-23-19-17(13-4-8-15(21)9-5-13)11-10-16(18(19)22)12-2-6-14(20)7-3-12/h2-11,22H,1H3. The first-order valence-electron chi connectivity index (χ1n) is 7.25. The molecule has 0 heterocycles. The number of nitrogens with one attached hydrogen (secondary N) is 1. The third-order valence-electron chi connectivity index (χ3n) is 3.67. The highest BCUT2D eigenvalue weighted by molar-refractivity contribution is 7.97. The molecule has 0 saturated carbocycles. The molecule has 2 aromatic rings. The summed E-state index contributed by atoms with van der Waals surface area (Å²) in [6.45, 7) is 0. The lowest BCUT2D eigenvalue weighted by atomic mass is 9.87. The van der Waals surface area contributed by atoms with Crippen LogP contribution in [0.15, 0.2) is 65.1 Å². The van der Waals surface area contributed by atoms with Crippen molar-refractivity contribution in [3.63, 3.8) is 0 Å². The molecule has 1 aliphatic carbocycles. The minimum Gasteiger partial charge on any atom is -0.298 e. The van der Waals surface area contributed by atoms with Crippen LogP contribution in [0.5, 0.6) is 0 Å². The number of benzene rings is 2. The van der Waals surface area contributed by atoms with Crippen LogP contribution in [0.3, 0.4) is 0 Å². The molecule has 1 aliphatic rings. The van der Waals surface area contributed by atoms with Crippen molar-refractivity contribution < 1.29 is 8.78 Å². The summed E-state index contributed by atoms with van der Waals surface area (Å²) in [7, 11) is 0. The van der Waals surface area contributed by atoms with E-state index in [0.29, 0.717) is 11.3 Å². The second-order valence-electron chi connectivity index (χ2n) is 5.17. The van der Waals surface area contributed by atoms with Crippen molar-refractivity contribution in [3.8, 4) is 0 Å². The van der Waals surface area contributed by atoms with Gasteiger partial charge in [-0.05, 0) is 47.3 Å². The first-order chi connectivity index (χ1) is 11.6. The summed E-state index contributed by atoms with van der Waals surface area (Å²) in [5.74, 6) is -0.627. The third kappa shape index (κ3) is 3.21. The highest BCUT2D eigenvalue weighted by Crippen LogP contribution is 2.29. The van der Waals surface area contributed by atoms with E-state index in [-0.39, 0.29) is 17.3 Å². The van der Waals surface area contributed by atoms with Gasteiger partial charge in [0, 0.05) is 17.4 Å². The van der Waals surface area contributed by atoms with E-state index in [1.807, 2.05) is 18.4 Å². The normalized spacial score (nSPS) is 16.1. The Morgan fingerprint density at radius 2 is 1.25 bits per heavy atom. The van der Waals surface area contributed by atoms with Crippen LogP contribution in [0.4, 0.5) is 8.78 Å². The van der Waals surface area contributed by atoms with Crippen molar-refractivity contribution >= 4 is 34.5 Å². The molecule has 0 unspecified atom stereocenters. The summed E-state index contributed by atoms with van der Waals surface area (Å²) in [5.41, 5.74) is 3.77. The number of halogens is 2. The van der Waals surface area contributed by atoms with Crippen LogP contribution in [0.25, 0.3) is 11.1 Å². The Morgan fingerprint density at radius 1 is 0.792 bits per heavy atom. The molecule has 3 rings (SSSR count). The van der Waals surface area contributed by atoms with Gasteiger partial charge in [0.15, 0.2) is 0 Å². The summed E-state index contributed by atoms with van der Waals surface area (Å²) in [6, 6.07) is 12.1. The number of hydrogen-bond donors (Lipinski definition) is 1. The highest BCUT2D eigenvalue weighted by atomic mass is 32.2. The molecule has 2 nitrogen and oxygen atoms in total. The SMILES string of the molecule is CSN=C1C(=N)C(c2ccc(F)cc2)=CC=C1c1ccc(F)cc1. The molecule has 0 atom stereocenters. The first-order valence-corrected chi connectivity index (χ1v) is 8.43. The van der Waals surface area contributed by atoms with Gasteiger partial charge in [-0.15, -0.1) is 0 Å². The number of nitrogens with zero attached hydrogens (tertiary/aromatic N) is 1. The summed E-state index contributed by atoms with van der Waals surface area (Å²) in [5, 5.41) is 8.50. The van der Waals surface area contributed by atoms with E-state index in [2.05, 4.69) is 4.40 Å². The second-order valence-corrected chi connectivity index (χ2v) is 5.72. The van der Waals surface area contributed by atoms with Gasteiger partial charge in [-0.2, -0.15) is 0 Å². The van der Waals surface area contributed by atoms with Crippen molar-refractivity contribution in [1.82, 2.24) is 0 Å². The molecule has 2 aromatic carbocycles. The third-order valence-corrected chi connectivity index (χ3v) is 4.04. The fourth-order valence-electron chi connectivity index (χ4n) is 2.51. The van der Waals surface area contributed by atoms with Crippen molar-refractivity contribution in [2.75, 3.05) is 6.26 Å². The van der Waals surface area contributed by atoms with E-state index in [0.717, 1.165) is 16.7 Å². The van der Waals surface area contributed by atoms with Gasteiger partial charge in [0.25, 0.3) is 0 Å². The molecule has 120 valence electrons. The molecular weight excluding hydrogens is 326 g/mol. The molecule has 0 aromatic heterocycles.